The second-order valence-corrected chi connectivity index (χ2v) is 3.29. The maximum atomic E-state index is 5.23. The summed E-state index contributed by atoms with van der Waals surface area (Å²) in [5.74, 6) is 0.869. The average Bonchev–Trinajstić information content (AvgIpc) is 2.70. The van der Waals surface area contributed by atoms with Gasteiger partial charge in [0, 0.05) is 10.9 Å². The number of para-hydroxylation sites is 1. The molecule has 0 N–H and O–H groups in total. The minimum atomic E-state index is 0.869. The van der Waals surface area contributed by atoms with Gasteiger partial charge >= 0.3 is 0 Å². The predicted molar refractivity (Wildman–Crippen MR) is 54.1 cm³/mol. The van der Waals surface area contributed by atoms with E-state index in [2.05, 4.69) is 4.98 Å². The van der Waals surface area contributed by atoms with Crippen LogP contribution in [0.2, 0.25) is 0 Å². The van der Waals surface area contributed by atoms with Crippen LogP contribution in [0.15, 0.2) is 35.2 Å². The predicted octanol–water partition coefficient (Wildman–Crippen LogP) is 2.82. The van der Waals surface area contributed by atoms with Crippen LogP contribution in [0.1, 0.15) is 0 Å². The van der Waals surface area contributed by atoms with E-state index in [9.17, 15) is 0 Å². The lowest BCUT2D eigenvalue weighted by atomic mass is 10.1. The van der Waals surface area contributed by atoms with Crippen LogP contribution in [-0.4, -0.2) is 12.1 Å². The fourth-order valence-electron chi connectivity index (χ4n) is 1.20. The number of rotatable bonds is 2. The summed E-state index contributed by atoms with van der Waals surface area (Å²) in [5, 5.41) is 2.01. The van der Waals surface area contributed by atoms with E-state index >= 15 is 0 Å². The zero-order valence-corrected chi connectivity index (χ0v) is 8.04. The van der Waals surface area contributed by atoms with E-state index in [4.69, 9.17) is 4.74 Å². The van der Waals surface area contributed by atoms with E-state index in [0.29, 0.717) is 0 Å². The molecule has 0 aliphatic rings. The minimum absolute atomic E-state index is 0.869. The number of ether oxygens (including phenoxy) is 1. The van der Waals surface area contributed by atoms with Gasteiger partial charge in [0.05, 0.1) is 18.3 Å². The summed E-state index contributed by atoms with van der Waals surface area (Å²) < 4.78 is 5.23. The highest BCUT2D eigenvalue weighted by molar-refractivity contribution is 7.07. The Labute approximate surface area is 80.8 Å². The highest BCUT2D eigenvalue weighted by Crippen LogP contribution is 2.28. The van der Waals surface area contributed by atoms with E-state index < -0.39 is 0 Å². The summed E-state index contributed by atoms with van der Waals surface area (Å²) >= 11 is 1.59. The van der Waals surface area contributed by atoms with Gasteiger partial charge in [-0.3, -0.25) is 0 Å². The second kappa shape index (κ2) is 3.58. The Morgan fingerprint density at radius 3 is 2.85 bits per heavy atom. The summed E-state index contributed by atoms with van der Waals surface area (Å²) in [5.41, 5.74) is 3.84. The van der Waals surface area contributed by atoms with Crippen molar-refractivity contribution in [2.75, 3.05) is 7.11 Å². The van der Waals surface area contributed by atoms with Crippen LogP contribution in [0.4, 0.5) is 0 Å². The number of methoxy groups -OCH3 is 1. The van der Waals surface area contributed by atoms with E-state index in [1.54, 1.807) is 18.4 Å². The highest BCUT2D eigenvalue weighted by atomic mass is 32.1. The van der Waals surface area contributed by atoms with Crippen molar-refractivity contribution < 1.29 is 4.74 Å². The smallest absolute Gasteiger partial charge is 0.128 e. The van der Waals surface area contributed by atoms with Crippen LogP contribution >= 0.6 is 11.3 Å². The number of thiazole rings is 1. The van der Waals surface area contributed by atoms with Crippen molar-refractivity contribution in [3.8, 4) is 17.0 Å². The average molecular weight is 191 g/mol. The molecule has 0 bridgehead atoms. The normalized spacial score (nSPS) is 9.92. The molecule has 0 atom stereocenters. The quantitative estimate of drug-likeness (QED) is 0.728. The number of aromatic nitrogens is 1. The van der Waals surface area contributed by atoms with Gasteiger partial charge in [0.1, 0.15) is 5.75 Å². The van der Waals surface area contributed by atoms with Crippen LogP contribution in [-0.2, 0) is 0 Å². The Bertz CT molecular complexity index is 384. The molecule has 1 heterocycles. The maximum Gasteiger partial charge on any atom is 0.128 e. The Balaban J connectivity index is 2.51. The van der Waals surface area contributed by atoms with E-state index in [1.165, 1.54) is 0 Å². The molecular formula is C10H9NOS. The maximum absolute atomic E-state index is 5.23. The Morgan fingerprint density at radius 1 is 1.31 bits per heavy atom. The largest absolute Gasteiger partial charge is 0.496 e. The first-order chi connectivity index (χ1) is 6.42. The van der Waals surface area contributed by atoms with Crippen molar-refractivity contribution in [2.24, 2.45) is 0 Å². The summed E-state index contributed by atoms with van der Waals surface area (Å²) in [6, 6.07) is 7.88. The highest BCUT2D eigenvalue weighted by Gasteiger charge is 2.04. The van der Waals surface area contributed by atoms with Crippen molar-refractivity contribution >= 4 is 11.3 Å². The molecule has 2 aromatic rings. The van der Waals surface area contributed by atoms with Gasteiger partial charge < -0.3 is 4.74 Å². The second-order valence-electron chi connectivity index (χ2n) is 2.57. The molecule has 3 heteroatoms. The first-order valence-electron chi connectivity index (χ1n) is 3.93. The monoisotopic (exact) mass is 191 g/mol. The Hall–Kier alpha value is -1.35. The lowest BCUT2D eigenvalue weighted by Gasteiger charge is -2.04. The molecule has 1 aromatic carbocycles. The minimum Gasteiger partial charge on any atom is -0.496 e. The summed E-state index contributed by atoms with van der Waals surface area (Å²) in [7, 11) is 1.67. The topological polar surface area (TPSA) is 22.1 Å². The molecule has 2 nitrogen and oxygen atoms in total. The molecule has 0 saturated carbocycles. The first-order valence-corrected chi connectivity index (χ1v) is 4.87. The molecule has 0 unspecified atom stereocenters. The van der Waals surface area contributed by atoms with Crippen molar-refractivity contribution in [2.45, 2.75) is 0 Å². The zero-order valence-electron chi connectivity index (χ0n) is 7.23. The number of benzene rings is 1. The summed E-state index contributed by atoms with van der Waals surface area (Å²) in [6.45, 7) is 0. The van der Waals surface area contributed by atoms with Crippen LogP contribution in [0.25, 0.3) is 11.3 Å². The molecule has 1 aromatic heterocycles. The van der Waals surface area contributed by atoms with Gasteiger partial charge in [0.15, 0.2) is 0 Å². The molecule has 0 aliphatic heterocycles. The number of hydrogen-bond acceptors (Lipinski definition) is 3. The fourth-order valence-corrected chi connectivity index (χ4v) is 1.75. The SMILES string of the molecule is COc1ccccc1-c1cscn1. The van der Waals surface area contributed by atoms with Crippen molar-refractivity contribution in [3.63, 3.8) is 0 Å². The standard InChI is InChI=1S/C10H9NOS/c1-12-10-5-3-2-4-8(10)9-6-13-7-11-9/h2-7H,1H3. The van der Waals surface area contributed by atoms with Crippen LogP contribution < -0.4 is 4.74 Å². The van der Waals surface area contributed by atoms with Gasteiger partial charge in [0.25, 0.3) is 0 Å². The van der Waals surface area contributed by atoms with Gasteiger partial charge in [-0.2, -0.15) is 0 Å². The van der Waals surface area contributed by atoms with Gasteiger partial charge in [0.2, 0.25) is 0 Å². The third kappa shape index (κ3) is 1.55. The molecule has 0 fully saturated rings. The number of nitrogens with zero attached hydrogens (tertiary/aromatic N) is 1. The third-order valence-corrected chi connectivity index (χ3v) is 2.40. The van der Waals surface area contributed by atoms with Crippen molar-refractivity contribution in [3.05, 3.63) is 35.2 Å². The summed E-state index contributed by atoms with van der Waals surface area (Å²) in [6.07, 6.45) is 0. The molecule has 0 saturated heterocycles. The van der Waals surface area contributed by atoms with Gasteiger partial charge in [-0.25, -0.2) is 4.98 Å². The van der Waals surface area contributed by atoms with Crippen LogP contribution in [0, 0.1) is 0 Å². The van der Waals surface area contributed by atoms with E-state index in [1.807, 2.05) is 35.2 Å². The summed E-state index contributed by atoms with van der Waals surface area (Å²) in [4.78, 5) is 4.23. The molecule has 0 radical (unpaired) electrons. The van der Waals surface area contributed by atoms with E-state index in [-0.39, 0.29) is 0 Å². The molecule has 0 amide bonds. The first kappa shape index (κ1) is 8.26. The Morgan fingerprint density at radius 2 is 2.15 bits per heavy atom. The lowest BCUT2D eigenvalue weighted by Crippen LogP contribution is -1.86. The lowest BCUT2D eigenvalue weighted by molar-refractivity contribution is 0.416. The molecule has 0 aliphatic carbocycles. The van der Waals surface area contributed by atoms with Gasteiger partial charge in [-0.1, -0.05) is 12.1 Å². The van der Waals surface area contributed by atoms with Crippen molar-refractivity contribution in [1.29, 1.82) is 0 Å². The Kier molecular flexibility index (Phi) is 2.27. The number of hydrogen-bond donors (Lipinski definition) is 0. The molecule has 13 heavy (non-hydrogen) atoms. The molecular weight excluding hydrogens is 182 g/mol. The van der Waals surface area contributed by atoms with Gasteiger partial charge in [-0.05, 0) is 12.1 Å². The molecule has 0 spiro atoms. The zero-order chi connectivity index (χ0) is 9.10. The third-order valence-electron chi connectivity index (χ3n) is 1.82. The van der Waals surface area contributed by atoms with E-state index in [0.717, 1.165) is 17.0 Å². The molecule has 2 rings (SSSR count). The van der Waals surface area contributed by atoms with Gasteiger partial charge in [-0.15, -0.1) is 11.3 Å². The van der Waals surface area contributed by atoms with Crippen LogP contribution in [0.3, 0.4) is 0 Å². The molecule has 66 valence electrons. The van der Waals surface area contributed by atoms with Crippen LogP contribution in [0.5, 0.6) is 5.75 Å². The van der Waals surface area contributed by atoms with Crippen molar-refractivity contribution in [1.82, 2.24) is 4.98 Å². The fraction of sp³-hybridized carbons (Fsp3) is 0.100.